The van der Waals surface area contributed by atoms with Gasteiger partial charge in [0.1, 0.15) is 0 Å². The minimum absolute atomic E-state index is 0.175. The van der Waals surface area contributed by atoms with Crippen molar-refractivity contribution in [1.82, 2.24) is 4.90 Å². The zero-order chi connectivity index (χ0) is 13.9. The minimum Gasteiger partial charge on any atom is -0.335 e. The van der Waals surface area contributed by atoms with Crippen LogP contribution in [0.1, 0.15) is 49.4 Å². The molecule has 1 saturated heterocycles. The summed E-state index contributed by atoms with van der Waals surface area (Å²) in [6, 6.07) is 4.58. The molecule has 110 valence electrons. The first kappa shape index (κ1) is 14.1. The van der Waals surface area contributed by atoms with Crippen molar-refractivity contribution in [3.05, 3.63) is 22.4 Å². The lowest BCUT2D eigenvalue weighted by Crippen LogP contribution is -2.41. The zero-order valence-corrected chi connectivity index (χ0v) is 12.8. The molecule has 1 aliphatic carbocycles. The second-order valence-corrected chi connectivity index (χ2v) is 7.07. The Kier molecular flexibility index (Phi) is 4.41. The summed E-state index contributed by atoms with van der Waals surface area (Å²) in [5, 5.41) is 2.11. The molecular weight excluding hydrogens is 268 g/mol. The van der Waals surface area contributed by atoms with E-state index in [2.05, 4.69) is 22.4 Å². The molecule has 3 atom stereocenters. The predicted octanol–water partition coefficient (Wildman–Crippen LogP) is 3.18. The van der Waals surface area contributed by atoms with Gasteiger partial charge in [-0.3, -0.25) is 4.79 Å². The fourth-order valence-electron chi connectivity index (χ4n) is 3.84. The molecule has 3 rings (SSSR count). The Morgan fingerprint density at radius 1 is 1.30 bits per heavy atom. The van der Waals surface area contributed by atoms with Crippen molar-refractivity contribution in [2.75, 3.05) is 13.1 Å². The van der Waals surface area contributed by atoms with Gasteiger partial charge in [0.2, 0.25) is 5.91 Å². The summed E-state index contributed by atoms with van der Waals surface area (Å²) < 4.78 is 0. The van der Waals surface area contributed by atoms with E-state index >= 15 is 0 Å². The molecule has 2 heterocycles. The van der Waals surface area contributed by atoms with Crippen molar-refractivity contribution >= 4 is 17.2 Å². The highest BCUT2D eigenvalue weighted by molar-refractivity contribution is 7.10. The summed E-state index contributed by atoms with van der Waals surface area (Å²) in [7, 11) is 0. The molecule has 1 aliphatic heterocycles. The summed E-state index contributed by atoms with van der Waals surface area (Å²) in [6.45, 7) is 1.59. The minimum atomic E-state index is 0.175. The number of hydrogen-bond donors (Lipinski definition) is 1. The summed E-state index contributed by atoms with van der Waals surface area (Å²) in [6.07, 6.45) is 6.84. The Bertz CT molecular complexity index is 445. The van der Waals surface area contributed by atoms with Crippen LogP contribution in [0.4, 0.5) is 0 Å². The average molecular weight is 292 g/mol. The predicted molar refractivity (Wildman–Crippen MR) is 82.5 cm³/mol. The topological polar surface area (TPSA) is 46.3 Å². The quantitative estimate of drug-likeness (QED) is 0.930. The second-order valence-electron chi connectivity index (χ2n) is 6.09. The lowest BCUT2D eigenvalue weighted by molar-refractivity contribution is -0.139. The molecule has 3 unspecified atom stereocenters. The van der Waals surface area contributed by atoms with Crippen LogP contribution in [0.5, 0.6) is 0 Å². The van der Waals surface area contributed by atoms with E-state index in [0.29, 0.717) is 24.4 Å². The average Bonchev–Trinajstić information content (AvgIpc) is 3.16. The molecule has 3 nitrogen and oxygen atoms in total. The standard InChI is InChI=1S/C16H24N2OS/c17-11-12-5-1-2-6-13(12)16(19)18-9-3-7-14(18)15-8-4-10-20-15/h4,8,10,12-14H,1-3,5-7,9,11,17H2. The molecule has 1 aromatic rings. The largest absolute Gasteiger partial charge is 0.335 e. The number of nitrogens with two attached hydrogens (primary N) is 1. The first-order valence-corrected chi connectivity index (χ1v) is 8.73. The highest BCUT2D eigenvalue weighted by atomic mass is 32.1. The van der Waals surface area contributed by atoms with Gasteiger partial charge < -0.3 is 10.6 Å². The van der Waals surface area contributed by atoms with Gasteiger partial charge >= 0.3 is 0 Å². The molecule has 0 aromatic carbocycles. The van der Waals surface area contributed by atoms with Crippen LogP contribution in [0.15, 0.2) is 17.5 Å². The molecular formula is C16H24N2OS. The number of carbonyl (C=O) groups is 1. The third-order valence-electron chi connectivity index (χ3n) is 4.94. The van der Waals surface area contributed by atoms with Gasteiger partial charge in [-0.1, -0.05) is 18.9 Å². The van der Waals surface area contributed by atoms with E-state index in [-0.39, 0.29) is 5.92 Å². The molecule has 0 bridgehead atoms. The third kappa shape index (κ3) is 2.63. The number of likely N-dealkylation sites (tertiary alicyclic amines) is 1. The van der Waals surface area contributed by atoms with Gasteiger partial charge in [0, 0.05) is 17.3 Å². The molecule has 1 amide bonds. The Morgan fingerprint density at radius 2 is 2.15 bits per heavy atom. The maximum Gasteiger partial charge on any atom is 0.226 e. The van der Waals surface area contributed by atoms with Gasteiger partial charge in [0.15, 0.2) is 0 Å². The lowest BCUT2D eigenvalue weighted by atomic mass is 9.78. The van der Waals surface area contributed by atoms with Crippen LogP contribution in [0.25, 0.3) is 0 Å². The Balaban J connectivity index is 1.75. The number of carbonyl (C=O) groups excluding carboxylic acids is 1. The molecule has 2 fully saturated rings. The highest BCUT2D eigenvalue weighted by Crippen LogP contribution is 2.38. The zero-order valence-electron chi connectivity index (χ0n) is 12.0. The van der Waals surface area contributed by atoms with Gasteiger partial charge in [-0.25, -0.2) is 0 Å². The molecule has 1 aromatic heterocycles. The van der Waals surface area contributed by atoms with Crippen LogP contribution in [0, 0.1) is 11.8 Å². The molecule has 1 saturated carbocycles. The van der Waals surface area contributed by atoms with Crippen molar-refractivity contribution in [3.8, 4) is 0 Å². The molecule has 2 aliphatic rings. The highest BCUT2D eigenvalue weighted by Gasteiger charge is 2.38. The second kappa shape index (κ2) is 6.27. The third-order valence-corrected chi connectivity index (χ3v) is 5.91. The van der Waals surface area contributed by atoms with E-state index in [1.807, 2.05) is 0 Å². The van der Waals surface area contributed by atoms with Gasteiger partial charge in [-0.15, -0.1) is 11.3 Å². The van der Waals surface area contributed by atoms with Crippen molar-refractivity contribution in [1.29, 1.82) is 0 Å². The van der Waals surface area contributed by atoms with Crippen LogP contribution >= 0.6 is 11.3 Å². The maximum absolute atomic E-state index is 13.0. The van der Waals surface area contributed by atoms with Crippen LogP contribution in [-0.4, -0.2) is 23.9 Å². The number of amides is 1. The molecule has 2 N–H and O–H groups in total. The fourth-order valence-corrected chi connectivity index (χ4v) is 4.71. The Hall–Kier alpha value is -0.870. The van der Waals surface area contributed by atoms with Crippen molar-refractivity contribution in [3.63, 3.8) is 0 Å². The van der Waals surface area contributed by atoms with E-state index in [9.17, 15) is 4.79 Å². The lowest BCUT2D eigenvalue weighted by Gasteiger charge is -2.34. The number of thiophene rings is 1. The Morgan fingerprint density at radius 3 is 2.90 bits per heavy atom. The fraction of sp³-hybridized carbons (Fsp3) is 0.688. The van der Waals surface area contributed by atoms with E-state index < -0.39 is 0 Å². The number of hydrogen-bond acceptors (Lipinski definition) is 3. The summed E-state index contributed by atoms with van der Waals surface area (Å²) in [5.41, 5.74) is 5.89. The maximum atomic E-state index is 13.0. The van der Waals surface area contributed by atoms with Gasteiger partial charge in [-0.05, 0) is 49.6 Å². The molecule has 0 radical (unpaired) electrons. The van der Waals surface area contributed by atoms with Crippen LogP contribution in [0.3, 0.4) is 0 Å². The van der Waals surface area contributed by atoms with Crippen molar-refractivity contribution < 1.29 is 4.79 Å². The first-order valence-electron chi connectivity index (χ1n) is 7.85. The molecule has 0 spiro atoms. The van der Waals surface area contributed by atoms with Crippen LogP contribution in [0.2, 0.25) is 0 Å². The summed E-state index contributed by atoms with van der Waals surface area (Å²) in [4.78, 5) is 16.4. The van der Waals surface area contributed by atoms with Gasteiger partial charge in [0.25, 0.3) is 0 Å². The van der Waals surface area contributed by atoms with Crippen LogP contribution < -0.4 is 5.73 Å². The monoisotopic (exact) mass is 292 g/mol. The smallest absolute Gasteiger partial charge is 0.226 e. The van der Waals surface area contributed by atoms with Gasteiger partial charge in [0.05, 0.1) is 6.04 Å². The Labute approximate surface area is 125 Å². The number of rotatable bonds is 3. The normalized spacial score (nSPS) is 30.6. The number of nitrogens with zero attached hydrogens (tertiary/aromatic N) is 1. The van der Waals surface area contributed by atoms with E-state index in [0.717, 1.165) is 32.2 Å². The first-order chi connectivity index (χ1) is 9.81. The van der Waals surface area contributed by atoms with Gasteiger partial charge in [-0.2, -0.15) is 0 Å². The van der Waals surface area contributed by atoms with Crippen molar-refractivity contribution in [2.45, 2.75) is 44.6 Å². The van der Waals surface area contributed by atoms with E-state index in [4.69, 9.17) is 5.73 Å². The van der Waals surface area contributed by atoms with Crippen molar-refractivity contribution in [2.24, 2.45) is 17.6 Å². The molecule has 4 heteroatoms. The summed E-state index contributed by atoms with van der Waals surface area (Å²) in [5.74, 6) is 0.950. The summed E-state index contributed by atoms with van der Waals surface area (Å²) >= 11 is 1.78. The van der Waals surface area contributed by atoms with E-state index in [1.165, 1.54) is 17.7 Å². The van der Waals surface area contributed by atoms with Crippen LogP contribution in [-0.2, 0) is 4.79 Å². The molecule has 20 heavy (non-hydrogen) atoms. The van der Waals surface area contributed by atoms with E-state index in [1.54, 1.807) is 11.3 Å². The SMILES string of the molecule is NCC1CCCCC1C(=O)N1CCCC1c1cccs1.